The normalized spacial score (nSPS) is 12.7. The molecule has 0 amide bonds. The summed E-state index contributed by atoms with van der Waals surface area (Å²) in [6.45, 7) is 4.52. The lowest BCUT2D eigenvalue weighted by Crippen LogP contribution is -2.06. The van der Waals surface area contributed by atoms with Crippen LogP contribution >= 0.6 is 0 Å². The van der Waals surface area contributed by atoms with Crippen molar-refractivity contribution in [2.75, 3.05) is 0 Å². The summed E-state index contributed by atoms with van der Waals surface area (Å²) < 4.78 is 0. The van der Waals surface area contributed by atoms with Crippen molar-refractivity contribution in [3.63, 3.8) is 0 Å². The second kappa shape index (κ2) is 15.5. The fourth-order valence-electron chi connectivity index (χ4n) is 11.1. The molecule has 0 bridgehead atoms. The van der Waals surface area contributed by atoms with Gasteiger partial charge in [0, 0.05) is 11.8 Å². The zero-order valence-electron chi connectivity index (χ0n) is 36.1. The second-order valence-electron chi connectivity index (χ2n) is 17.7. The van der Waals surface area contributed by atoms with Gasteiger partial charge in [0.2, 0.25) is 0 Å². The number of benzene rings is 10. The number of fused-ring (bicyclic) bond motifs is 6. The zero-order chi connectivity index (χ0) is 42.7. The molecule has 64 heavy (non-hydrogen) atoms. The molecule has 0 heterocycles. The first-order valence-electron chi connectivity index (χ1n) is 22.6. The lowest BCUT2D eigenvalue weighted by Gasteiger charge is -2.26. The van der Waals surface area contributed by atoms with Gasteiger partial charge in [-0.2, -0.15) is 0 Å². The van der Waals surface area contributed by atoms with Gasteiger partial charge in [-0.3, -0.25) is 0 Å². The van der Waals surface area contributed by atoms with Crippen LogP contribution in [0.3, 0.4) is 0 Å². The van der Waals surface area contributed by atoms with Crippen LogP contribution in [-0.4, -0.2) is 0 Å². The molecule has 0 aromatic heterocycles. The molecular weight excluding hydrogens is 769 g/mol. The molecule has 0 saturated heterocycles. The maximum absolute atomic E-state index is 2.51. The molecule has 10 aromatic rings. The summed E-state index contributed by atoms with van der Waals surface area (Å²) in [7, 11) is 0. The Bertz CT molecular complexity index is 3090. The Hall–Kier alpha value is -7.80. The van der Waals surface area contributed by atoms with Crippen LogP contribution in [0, 0.1) is 13.8 Å². The lowest BCUT2D eigenvalue weighted by atomic mass is 9.77. The van der Waals surface area contributed by atoms with Crippen LogP contribution in [-0.2, 0) is 0 Å². The van der Waals surface area contributed by atoms with Gasteiger partial charge in [0.25, 0.3) is 0 Å². The largest absolute Gasteiger partial charge is 0.0622 e. The van der Waals surface area contributed by atoms with E-state index in [1.165, 1.54) is 122 Å². The Labute approximate surface area is 376 Å². The van der Waals surface area contributed by atoms with E-state index in [4.69, 9.17) is 0 Å². The van der Waals surface area contributed by atoms with Crippen molar-refractivity contribution in [3.05, 3.63) is 275 Å². The highest BCUT2D eigenvalue weighted by atomic mass is 14.4. The van der Waals surface area contributed by atoms with Gasteiger partial charge in [0.05, 0.1) is 0 Å². The van der Waals surface area contributed by atoms with Crippen molar-refractivity contribution in [1.82, 2.24) is 0 Å². The van der Waals surface area contributed by atoms with Gasteiger partial charge in [0.1, 0.15) is 0 Å². The van der Waals surface area contributed by atoms with E-state index in [9.17, 15) is 0 Å². The maximum Gasteiger partial charge on any atom is 0.0364 e. The molecule has 12 rings (SSSR count). The molecule has 2 aliphatic rings. The van der Waals surface area contributed by atoms with Crippen molar-refractivity contribution < 1.29 is 0 Å². The summed E-state index contributed by atoms with van der Waals surface area (Å²) in [5.74, 6) is 0.0977. The highest BCUT2D eigenvalue weighted by Crippen LogP contribution is 2.55. The molecule has 0 fully saturated rings. The van der Waals surface area contributed by atoms with Gasteiger partial charge in [0.15, 0.2) is 0 Å². The van der Waals surface area contributed by atoms with E-state index >= 15 is 0 Å². The van der Waals surface area contributed by atoms with E-state index in [-0.39, 0.29) is 11.8 Å². The third-order valence-electron chi connectivity index (χ3n) is 13.7. The standard InChI is InChI=1S/C64H46/c1-41-34-57(44-22-8-4-9-23-44)63(61-53-30-16-12-26-49(53)50-27-13-17-31-54(50)61)59(36-41)47-38-46(43-20-6-3-7-21-43)39-48(40-47)60-37-42(2)35-58(45-24-10-5-11-25-45)64(60)62-55-32-18-14-28-51(55)52-29-15-19-33-56(52)62/h3-40,61-62H,1-2H3. The van der Waals surface area contributed by atoms with Gasteiger partial charge in [-0.1, -0.05) is 212 Å². The average Bonchev–Trinajstić information content (AvgIpc) is 3.87. The van der Waals surface area contributed by atoms with Crippen LogP contribution in [0.15, 0.2) is 231 Å². The van der Waals surface area contributed by atoms with Crippen molar-refractivity contribution in [3.8, 4) is 77.9 Å². The second-order valence-corrected chi connectivity index (χ2v) is 17.7. The number of aryl methyl sites for hydroxylation is 2. The first kappa shape index (κ1) is 37.9. The van der Waals surface area contributed by atoms with Crippen LogP contribution in [0.4, 0.5) is 0 Å². The molecule has 0 atom stereocenters. The van der Waals surface area contributed by atoms with Gasteiger partial charge in [-0.05, 0) is 154 Å². The Morgan fingerprint density at radius 3 is 0.828 bits per heavy atom. The SMILES string of the molecule is Cc1cc(-c2ccccc2)c(C2c3ccccc3-c3ccccc32)c(-c2cc(-c3ccccc3)cc(-c3cc(C)cc(-c4ccccc4)c3C3c4ccccc4-c4ccccc43)c2)c1. The quantitative estimate of drug-likeness (QED) is 0.150. The minimum Gasteiger partial charge on any atom is -0.0622 e. The maximum atomic E-state index is 2.51. The van der Waals surface area contributed by atoms with E-state index in [1.807, 2.05) is 0 Å². The molecule has 0 unspecified atom stereocenters. The molecule has 2 aliphatic carbocycles. The van der Waals surface area contributed by atoms with Crippen LogP contribution in [0.2, 0.25) is 0 Å². The van der Waals surface area contributed by atoms with Crippen LogP contribution < -0.4 is 0 Å². The third-order valence-corrected chi connectivity index (χ3v) is 13.7. The van der Waals surface area contributed by atoms with E-state index in [2.05, 4.69) is 244 Å². The first-order valence-corrected chi connectivity index (χ1v) is 22.6. The zero-order valence-corrected chi connectivity index (χ0v) is 36.1. The highest BCUT2D eigenvalue weighted by molar-refractivity contribution is 5.93. The van der Waals surface area contributed by atoms with Crippen molar-refractivity contribution >= 4 is 0 Å². The minimum atomic E-state index is 0.0488. The van der Waals surface area contributed by atoms with Gasteiger partial charge < -0.3 is 0 Å². The molecule has 0 spiro atoms. The van der Waals surface area contributed by atoms with E-state index in [0.29, 0.717) is 0 Å². The molecule has 0 nitrogen and oxygen atoms in total. The fourth-order valence-corrected chi connectivity index (χ4v) is 11.1. The van der Waals surface area contributed by atoms with Gasteiger partial charge >= 0.3 is 0 Å². The molecule has 302 valence electrons. The Morgan fingerprint density at radius 2 is 0.484 bits per heavy atom. The molecule has 0 radical (unpaired) electrons. The predicted octanol–water partition coefficient (Wildman–Crippen LogP) is 17.0. The van der Waals surface area contributed by atoms with E-state index < -0.39 is 0 Å². The predicted molar refractivity (Wildman–Crippen MR) is 269 cm³/mol. The fraction of sp³-hybridized carbons (Fsp3) is 0.0625. The molecule has 10 aromatic carbocycles. The van der Waals surface area contributed by atoms with Crippen LogP contribution in [0.1, 0.15) is 56.3 Å². The molecule has 0 saturated carbocycles. The van der Waals surface area contributed by atoms with Crippen molar-refractivity contribution in [1.29, 1.82) is 0 Å². The molecule has 0 aliphatic heterocycles. The monoisotopic (exact) mass is 814 g/mol. The minimum absolute atomic E-state index is 0.0488. The lowest BCUT2D eigenvalue weighted by molar-refractivity contribution is 1.02. The molecular formula is C64H46. The summed E-state index contributed by atoms with van der Waals surface area (Å²) >= 11 is 0. The molecule has 0 N–H and O–H groups in total. The average molecular weight is 815 g/mol. The highest BCUT2D eigenvalue weighted by Gasteiger charge is 2.35. The van der Waals surface area contributed by atoms with E-state index in [0.717, 1.165) is 0 Å². The Morgan fingerprint density at radius 1 is 0.219 bits per heavy atom. The Balaban J connectivity index is 1.19. The summed E-state index contributed by atoms with van der Waals surface area (Å²) in [4.78, 5) is 0. The molecule has 0 heteroatoms. The van der Waals surface area contributed by atoms with Gasteiger partial charge in [-0.25, -0.2) is 0 Å². The smallest absolute Gasteiger partial charge is 0.0364 e. The summed E-state index contributed by atoms with van der Waals surface area (Å²) in [6, 6.07) is 86.4. The van der Waals surface area contributed by atoms with Crippen molar-refractivity contribution in [2.24, 2.45) is 0 Å². The summed E-state index contributed by atoms with van der Waals surface area (Å²) in [5, 5.41) is 0. The Kier molecular flexibility index (Phi) is 9.20. The van der Waals surface area contributed by atoms with Gasteiger partial charge in [-0.15, -0.1) is 0 Å². The topological polar surface area (TPSA) is 0 Å². The summed E-state index contributed by atoms with van der Waals surface area (Å²) in [5.41, 5.74) is 28.3. The number of hydrogen-bond donors (Lipinski definition) is 0. The van der Waals surface area contributed by atoms with Crippen LogP contribution in [0.25, 0.3) is 77.9 Å². The van der Waals surface area contributed by atoms with Crippen molar-refractivity contribution in [2.45, 2.75) is 25.7 Å². The summed E-state index contributed by atoms with van der Waals surface area (Å²) in [6.07, 6.45) is 0. The number of hydrogen-bond acceptors (Lipinski definition) is 0. The first-order chi connectivity index (χ1) is 31.6. The third kappa shape index (κ3) is 6.29. The van der Waals surface area contributed by atoms with E-state index in [1.54, 1.807) is 0 Å². The van der Waals surface area contributed by atoms with Crippen LogP contribution in [0.5, 0.6) is 0 Å². The number of rotatable bonds is 7.